The van der Waals surface area contributed by atoms with Gasteiger partial charge in [-0.25, -0.2) is 9.18 Å². The van der Waals surface area contributed by atoms with Gasteiger partial charge in [0.2, 0.25) is 11.9 Å². The van der Waals surface area contributed by atoms with Crippen molar-refractivity contribution in [1.29, 1.82) is 0 Å². The number of hydrogen-bond acceptors (Lipinski definition) is 9. The average Bonchev–Trinajstić information content (AvgIpc) is 3.35. The van der Waals surface area contributed by atoms with Crippen molar-refractivity contribution in [3.8, 4) is 11.8 Å². The van der Waals surface area contributed by atoms with E-state index in [9.17, 15) is 9.18 Å². The van der Waals surface area contributed by atoms with Gasteiger partial charge in [-0.05, 0) is 38.5 Å². The molecule has 3 aliphatic heterocycles. The van der Waals surface area contributed by atoms with Crippen LogP contribution < -0.4 is 10.6 Å². The van der Waals surface area contributed by atoms with Gasteiger partial charge in [-0.3, -0.25) is 4.90 Å². The van der Waals surface area contributed by atoms with Crippen LogP contribution in [-0.2, 0) is 9.47 Å². The molecule has 0 saturated carbocycles. The maximum absolute atomic E-state index is 14.7. The molecule has 5 heterocycles. The number of halogens is 1. The largest absolute Gasteiger partial charge is 0.446 e. The van der Waals surface area contributed by atoms with E-state index in [1.165, 1.54) is 0 Å². The fourth-order valence-electron chi connectivity index (χ4n) is 5.30. The smallest absolute Gasteiger partial charge is 0.409 e. The van der Waals surface area contributed by atoms with Crippen molar-refractivity contribution in [1.82, 2.24) is 29.4 Å². The lowest BCUT2D eigenvalue weighted by atomic mass is 9.97. The van der Waals surface area contributed by atoms with E-state index in [4.69, 9.17) is 19.4 Å². The molecular weight excluding hydrogens is 503 g/mol. The summed E-state index contributed by atoms with van der Waals surface area (Å²) in [5, 5.41) is 11.6. The lowest BCUT2D eigenvalue weighted by molar-refractivity contribution is -0.0683. The lowest BCUT2D eigenvalue weighted by Gasteiger charge is -2.43. The molecule has 0 aliphatic carbocycles. The first-order chi connectivity index (χ1) is 18.8. The van der Waals surface area contributed by atoms with Crippen molar-refractivity contribution in [2.75, 3.05) is 63.2 Å². The number of nitrogens with zero attached hydrogens (tertiary/aromatic N) is 6. The lowest BCUT2D eigenvalue weighted by Crippen LogP contribution is -2.61. The molecule has 0 atom stereocenters. The standard InChI is InChI=1S/C27H39FN8O3/c1-4-5-10-34-16-27(28,17-34)18-39-26(37)35-11-6-20(7-12-35)31-25-33-24(30-21-8-13-38-14-9-21)32-23-22(19(2)3)15-29-36(23)25/h15,19-21H,6-14,16-18H2,1-3H3,(H2,30,31,32,33). The van der Waals surface area contributed by atoms with Gasteiger partial charge in [0.05, 0.1) is 12.7 Å². The second-order valence-electron chi connectivity index (χ2n) is 11.1. The van der Waals surface area contributed by atoms with Gasteiger partial charge in [0, 0.05) is 57.0 Å². The van der Waals surface area contributed by atoms with Crippen molar-refractivity contribution in [2.24, 2.45) is 0 Å². The summed E-state index contributed by atoms with van der Waals surface area (Å²) in [5.41, 5.74) is 0.360. The number of carbonyl (C=O) groups excluding carboxylic acids is 1. The topological polar surface area (TPSA) is 109 Å². The summed E-state index contributed by atoms with van der Waals surface area (Å²) in [4.78, 5) is 25.7. The summed E-state index contributed by atoms with van der Waals surface area (Å²) in [6.07, 6.45) is 4.65. The Balaban J connectivity index is 1.17. The summed E-state index contributed by atoms with van der Waals surface area (Å²) >= 11 is 0. The predicted molar refractivity (Wildman–Crippen MR) is 146 cm³/mol. The number of alkyl halides is 1. The van der Waals surface area contributed by atoms with Gasteiger partial charge in [0.25, 0.3) is 0 Å². The van der Waals surface area contributed by atoms with Crippen LogP contribution in [0.4, 0.5) is 21.1 Å². The summed E-state index contributed by atoms with van der Waals surface area (Å²) < 4.78 is 27.3. The normalized spacial score (nSPS) is 20.4. The van der Waals surface area contributed by atoms with Gasteiger partial charge in [-0.2, -0.15) is 19.6 Å². The number of fused-ring (bicyclic) bond motifs is 1. The number of anilines is 2. The number of carbonyl (C=O) groups is 1. The molecule has 3 fully saturated rings. The highest BCUT2D eigenvalue weighted by Gasteiger charge is 2.44. The fourth-order valence-corrected chi connectivity index (χ4v) is 5.30. The van der Waals surface area contributed by atoms with E-state index < -0.39 is 11.8 Å². The van der Waals surface area contributed by atoms with Gasteiger partial charge < -0.3 is 25.0 Å². The predicted octanol–water partition coefficient (Wildman–Crippen LogP) is 2.90. The molecule has 0 radical (unpaired) electrons. The first kappa shape index (κ1) is 27.4. The Hall–Kier alpha value is -3.17. The SMILES string of the molecule is CC#CCN1CC(F)(COC(=O)N2CCC(Nc3nc(NC4CCOCC4)nc4c(C(C)C)cnn34)CC2)C1. The van der Waals surface area contributed by atoms with Crippen LogP contribution in [0.15, 0.2) is 6.20 Å². The molecule has 5 rings (SSSR count). The minimum absolute atomic E-state index is 0.0992. The first-order valence-corrected chi connectivity index (χ1v) is 13.9. The molecule has 3 saturated heterocycles. The molecule has 0 spiro atoms. The average molecular weight is 543 g/mol. The Kier molecular flexibility index (Phi) is 8.37. The van der Waals surface area contributed by atoms with Gasteiger partial charge in [0.1, 0.15) is 6.61 Å². The molecule has 2 aromatic rings. The third-order valence-electron chi connectivity index (χ3n) is 7.61. The minimum atomic E-state index is -1.49. The molecule has 212 valence electrons. The number of piperidine rings is 1. The Labute approximate surface area is 228 Å². The van der Waals surface area contributed by atoms with Crippen molar-refractivity contribution in [3.05, 3.63) is 11.8 Å². The highest BCUT2D eigenvalue weighted by atomic mass is 19.1. The highest BCUT2D eigenvalue weighted by Crippen LogP contribution is 2.27. The van der Waals surface area contributed by atoms with E-state index in [2.05, 4.69) is 41.4 Å². The Morgan fingerprint density at radius 1 is 1.18 bits per heavy atom. The van der Waals surface area contributed by atoms with E-state index >= 15 is 0 Å². The van der Waals surface area contributed by atoms with Crippen molar-refractivity contribution < 1.29 is 18.7 Å². The first-order valence-electron chi connectivity index (χ1n) is 13.9. The Morgan fingerprint density at radius 2 is 1.90 bits per heavy atom. The zero-order valence-corrected chi connectivity index (χ0v) is 23.1. The van der Waals surface area contributed by atoms with Crippen molar-refractivity contribution in [3.63, 3.8) is 0 Å². The van der Waals surface area contributed by atoms with Crippen LogP contribution in [0.25, 0.3) is 5.65 Å². The minimum Gasteiger partial charge on any atom is -0.446 e. The van der Waals surface area contributed by atoms with Gasteiger partial charge in [0.15, 0.2) is 11.3 Å². The van der Waals surface area contributed by atoms with Crippen molar-refractivity contribution >= 4 is 23.6 Å². The van der Waals surface area contributed by atoms with Gasteiger partial charge in [-0.15, -0.1) is 5.92 Å². The van der Waals surface area contributed by atoms with Crippen molar-refractivity contribution in [2.45, 2.75) is 70.1 Å². The number of hydrogen-bond donors (Lipinski definition) is 2. The molecule has 0 unspecified atom stereocenters. The number of amides is 1. The van der Waals surface area contributed by atoms with Crippen LogP contribution in [0.1, 0.15) is 57.9 Å². The summed E-state index contributed by atoms with van der Waals surface area (Å²) in [6, 6.07) is 0.368. The second kappa shape index (κ2) is 11.9. The highest BCUT2D eigenvalue weighted by molar-refractivity contribution is 5.68. The van der Waals surface area contributed by atoms with Crippen LogP contribution in [0.5, 0.6) is 0 Å². The second-order valence-corrected chi connectivity index (χ2v) is 11.1. The Morgan fingerprint density at radius 3 is 2.59 bits per heavy atom. The number of ether oxygens (including phenoxy) is 2. The third kappa shape index (κ3) is 6.53. The van der Waals surface area contributed by atoms with E-state index in [0.29, 0.717) is 44.4 Å². The monoisotopic (exact) mass is 542 g/mol. The van der Waals surface area contributed by atoms with E-state index in [1.807, 2.05) is 11.1 Å². The Bertz CT molecular complexity index is 1200. The van der Waals surface area contributed by atoms with Crippen LogP contribution in [0, 0.1) is 11.8 Å². The maximum atomic E-state index is 14.7. The number of aromatic nitrogens is 4. The molecule has 39 heavy (non-hydrogen) atoms. The number of nitrogens with one attached hydrogen (secondary N) is 2. The molecule has 0 bridgehead atoms. The van der Waals surface area contributed by atoms with Gasteiger partial charge >= 0.3 is 6.09 Å². The molecule has 2 N–H and O–H groups in total. The summed E-state index contributed by atoms with van der Waals surface area (Å²) in [7, 11) is 0. The zero-order chi connectivity index (χ0) is 27.4. The van der Waals surface area contributed by atoms with E-state index in [-0.39, 0.29) is 37.7 Å². The van der Waals surface area contributed by atoms with Crippen LogP contribution >= 0.6 is 0 Å². The van der Waals surface area contributed by atoms with E-state index in [0.717, 1.165) is 37.3 Å². The quantitative estimate of drug-likeness (QED) is 0.487. The van der Waals surface area contributed by atoms with Gasteiger partial charge in [-0.1, -0.05) is 19.8 Å². The number of likely N-dealkylation sites (tertiary alicyclic amines) is 2. The van der Waals surface area contributed by atoms with E-state index in [1.54, 1.807) is 16.3 Å². The zero-order valence-electron chi connectivity index (χ0n) is 23.1. The van der Waals surface area contributed by atoms with Crippen LogP contribution in [0.3, 0.4) is 0 Å². The number of rotatable bonds is 8. The van der Waals surface area contributed by atoms with Crippen LogP contribution in [-0.4, -0.2) is 106 Å². The molecule has 1 amide bonds. The molecule has 0 aromatic carbocycles. The molecule has 12 heteroatoms. The molecular formula is C27H39FN8O3. The molecule has 3 aliphatic rings. The molecule has 11 nitrogen and oxygen atoms in total. The maximum Gasteiger partial charge on any atom is 0.409 e. The third-order valence-corrected chi connectivity index (χ3v) is 7.61. The summed E-state index contributed by atoms with van der Waals surface area (Å²) in [5.74, 6) is 7.22. The summed E-state index contributed by atoms with van der Waals surface area (Å²) in [6.45, 7) is 9.32. The molecule has 2 aromatic heterocycles. The van der Waals surface area contributed by atoms with Crippen LogP contribution in [0.2, 0.25) is 0 Å². The fraction of sp³-hybridized carbons (Fsp3) is 0.704.